The summed E-state index contributed by atoms with van der Waals surface area (Å²) in [5.41, 5.74) is 0.657. The van der Waals surface area contributed by atoms with Gasteiger partial charge in [0.15, 0.2) is 11.5 Å². The van der Waals surface area contributed by atoms with Crippen molar-refractivity contribution < 1.29 is 19.4 Å². The summed E-state index contributed by atoms with van der Waals surface area (Å²) in [4.78, 5) is 11.1. The number of hydrogen-bond acceptors (Lipinski definition) is 3. The Labute approximate surface area is 135 Å². The van der Waals surface area contributed by atoms with Crippen molar-refractivity contribution in [2.24, 2.45) is 0 Å². The van der Waals surface area contributed by atoms with Gasteiger partial charge >= 0.3 is 5.97 Å². The SMILES string of the molecule is COc1cc(C2(CC(=O)O)CC2)cc(Cl)c1OC1CCCC1. The van der Waals surface area contributed by atoms with Crippen LogP contribution in [0.2, 0.25) is 5.02 Å². The van der Waals surface area contributed by atoms with Crippen LogP contribution in [-0.4, -0.2) is 24.3 Å². The van der Waals surface area contributed by atoms with E-state index in [-0.39, 0.29) is 17.9 Å². The van der Waals surface area contributed by atoms with Gasteiger partial charge in [0, 0.05) is 5.41 Å². The van der Waals surface area contributed by atoms with E-state index < -0.39 is 5.97 Å². The van der Waals surface area contributed by atoms with Crippen molar-refractivity contribution in [3.63, 3.8) is 0 Å². The number of carboxylic acids is 1. The molecule has 0 saturated heterocycles. The monoisotopic (exact) mass is 324 g/mol. The van der Waals surface area contributed by atoms with E-state index >= 15 is 0 Å². The Balaban J connectivity index is 1.88. The number of carboxylic acid groups (broad SMARTS) is 1. The van der Waals surface area contributed by atoms with Crippen molar-refractivity contribution in [3.05, 3.63) is 22.7 Å². The first-order chi connectivity index (χ1) is 10.5. The molecule has 0 radical (unpaired) electrons. The molecular formula is C17H21ClO4. The summed E-state index contributed by atoms with van der Waals surface area (Å²) >= 11 is 6.41. The van der Waals surface area contributed by atoms with Crippen molar-refractivity contribution in [1.82, 2.24) is 0 Å². The molecule has 4 nitrogen and oxygen atoms in total. The molecule has 120 valence electrons. The van der Waals surface area contributed by atoms with E-state index in [0.717, 1.165) is 31.2 Å². The first kappa shape index (κ1) is 15.5. The zero-order valence-corrected chi connectivity index (χ0v) is 13.5. The average Bonchev–Trinajstić information content (AvgIpc) is 3.06. The van der Waals surface area contributed by atoms with E-state index in [0.29, 0.717) is 16.5 Å². The second kappa shape index (κ2) is 5.99. The number of rotatable bonds is 6. The Kier molecular flexibility index (Phi) is 4.22. The summed E-state index contributed by atoms with van der Waals surface area (Å²) in [6.45, 7) is 0. The van der Waals surface area contributed by atoms with E-state index in [1.165, 1.54) is 12.8 Å². The number of ether oxygens (including phenoxy) is 2. The molecule has 1 N–H and O–H groups in total. The van der Waals surface area contributed by atoms with Gasteiger partial charge in [-0.05, 0) is 56.2 Å². The summed E-state index contributed by atoms with van der Waals surface area (Å²) in [6, 6.07) is 3.75. The molecule has 1 aromatic rings. The zero-order chi connectivity index (χ0) is 15.7. The van der Waals surface area contributed by atoms with Crippen LogP contribution < -0.4 is 9.47 Å². The van der Waals surface area contributed by atoms with Crippen molar-refractivity contribution in [2.45, 2.75) is 56.5 Å². The minimum Gasteiger partial charge on any atom is -0.493 e. The molecule has 0 spiro atoms. The standard InChI is InChI=1S/C17H21ClO4/c1-21-14-9-11(17(6-7-17)10-15(19)20)8-13(18)16(14)22-12-4-2-3-5-12/h8-9,12H,2-7,10H2,1H3,(H,19,20). The molecule has 0 unspecified atom stereocenters. The molecule has 2 fully saturated rings. The van der Waals surface area contributed by atoms with Crippen LogP contribution in [0.3, 0.4) is 0 Å². The predicted molar refractivity (Wildman–Crippen MR) is 84.1 cm³/mol. The third-order valence-corrected chi connectivity index (χ3v) is 5.05. The Morgan fingerprint density at radius 2 is 2.05 bits per heavy atom. The number of benzene rings is 1. The number of methoxy groups -OCH3 is 1. The molecule has 2 aliphatic carbocycles. The van der Waals surface area contributed by atoms with Crippen molar-refractivity contribution in [2.75, 3.05) is 7.11 Å². The van der Waals surface area contributed by atoms with Crippen molar-refractivity contribution >= 4 is 17.6 Å². The van der Waals surface area contributed by atoms with Crippen LogP contribution in [0.15, 0.2) is 12.1 Å². The molecule has 0 aromatic heterocycles. The van der Waals surface area contributed by atoms with E-state index in [1.54, 1.807) is 7.11 Å². The summed E-state index contributed by atoms with van der Waals surface area (Å²) in [6.07, 6.45) is 6.55. The molecule has 0 bridgehead atoms. The highest BCUT2D eigenvalue weighted by atomic mass is 35.5. The van der Waals surface area contributed by atoms with Crippen LogP contribution >= 0.6 is 11.6 Å². The smallest absolute Gasteiger partial charge is 0.304 e. The van der Waals surface area contributed by atoms with Gasteiger partial charge in [-0.25, -0.2) is 0 Å². The zero-order valence-electron chi connectivity index (χ0n) is 12.7. The fraction of sp³-hybridized carbons (Fsp3) is 0.588. The summed E-state index contributed by atoms with van der Waals surface area (Å²) in [5, 5.41) is 9.61. The topological polar surface area (TPSA) is 55.8 Å². The van der Waals surface area contributed by atoms with Crippen LogP contribution in [0, 0.1) is 0 Å². The fourth-order valence-electron chi connectivity index (χ4n) is 3.32. The molecule has 0 aliphatic heterocycles. The highest BCUT2D eigenvalue weighted by molar-refractivity contribution is 6.32. The quantitative estimate of drug-likeness (QED) is 0.853. The third-order valence-electron chi connectivity index (χ3n) is 4.77. The molecule has 2 aliphatic rings. The molecule has 5 heteroatoms. The summed E-state index contributed by atoms with van der Waals surface area (Å²) in [5.74, 6) is 0.413. The van der Waals surface area contributed by atoms with E-state index in [1.807, 2.05) is 12.1 Å². The maximum atomic E-state index is 11.1. The number of aliphatic carboxylic acids is 1. The van der Waals surface area contributed by atoms with Crippen molar-refractivity contribution in [3.8, 4) is 11.5 Å². The number of hydrogen-bond donors (Lipinski definition) is 1. The third kappa shape index (κ3) is 3.02. The van der Waals surface area contributed by atoms with E-state index in [2.05, 4.69) is 0 Å². The normalized spacial score (nSPS) is 19.9. The van der Waals surface area contributed by atoms with Crippen LogP contribution in [-0.2, 0) is 10.2 Å². The lowest BCUT2D eigenvalue weighted by atomic mass is 9.92. The van der Waals surface area contributed by atoms with Crippen molar-refractivity contribution in [1.29, 1.82) is 0 Å². The lowest BCUT2D eigenvalue weighted by Crippen LogP contribution is -2.15. The Morgan fingerprint density at radius 1 is 1.36 bits per heavy atom. The molecule has 0 amide bonds. The molecule has 0 heterocycles. The largest absolute Gasteiger partial charge is 0.493 e. The molecule has 1 aromatic carbocycles. The van der Waals surface area contributed by atoms with Gasteiger partial charge in [-0.15, -0.1) is 0 Å². The first-order valence-corrected chi connectivity index (χ1v) is 8.18. The molecule has 0 atom stereocenters. The minimum atomic E-state index is -0.779. The second-order valence-electron chi connectivity index (χ2n) is 6.36. The van der Waals surface area contributed by atoms with Gasteiger partial charge in [0.05, 0.1) is 24.7 Å². The highest BCUT2D eigenvalue weighted by Gasteiger charge is 2.46. The highest BCUT2D eigenvalue weighted by Crippen LogP contribution is 2.53. The van der Waals surface area contributed by atoms with Crippen LogP contribution in [0.5, 0.6) is 11.5 Å². The number of halogens is 1. The Morgan fingerprint density at radius 3 is 2.59 bits per heavy atom. The van der Waals surface area contributed by atoms with Gasteiger partial charge < -0.3 is 14.6 Å². The van der Waals surface area contributed by atoms with E-state index in [9.17, 15) is 4.79 Å². The van der Waals surface area contributed by atoms with Crippen LogP contribution in [0.25, 0.3) is 0 Å². The number of carbonyl (C=O) groups is 1. The molecule has 3 rings (SSSR count). The maximum absolute atomic E-state index is 11.1. The van der Waals surface area contributed by atoms with Gasteiger partial charge in [0.2, 0.25) is 0 Å². The lowest BCUT2D eigenvalue weighted by molar-refractivity contribution is -0.137. The van der Waals surface area contributed by atoms with Crippen LogP contribution in [0.4, 0.5) is 0 Å². The van der Waals surface area contributed by atoms with Gasteiger partial charge in [-0.3, -0.25) is 4.79 Å². The molecule has 22 heavy (non-hydrogen) atoms. The lowest BCUT2D eigenvalue weighted by Gasteiger charge is -2.20. The predicted octanol–water partition coefficient (Wildman–Crippen LogP) is 4.18. The van der Waals surface area contributed by atoms with Gasteiger partial charge in [0.1, 0.15) is 0 Å². The minimum absolute atomic E-state index is 0.134. The average molecular weight is 325 g/mol. The van der Waals surface area contributed by atoms with E-state index in [4.69, 9.17) is 26.2 Å². The van der Waals surface area contributed by atoms with Gasteiger partial charge in [-0.1, -0.05) is 11.6 Å². The fourth-order valence-corrected chi connectivity index (χ4v) is 3.58. The Bertz CT molecular complexity index is 574. The van der Waals surface area contributed by atoms with Gasteiger partial charge in [-0.2, -0.15) is 0 Å². The maximum Gasteiger partial charge on any atom is 0.304 e. The van der Waals surface area contributed by atoms with Crippen LogP contribution in [0.1, 0.15) is 50.5 Å². The Hall–Kier alpha value is -1.42. The summed E-state index contributed by atoms with van der Waals surface area (Å²) < 4.78 is 11.5. The van der Waals surface area contributed by atoms with Gasteiger partial charge in [0.25, 0.3) is 0 Å². The first-order valence-electron chi connectivity index (χ1n) is 7.80. The second-order valence-corrected chi connectivity index (χ2v) is 6.77. The molecule has 2 saturated carbocycles. The molecular weight excluding hydrogens is 304 g/mol. The summed E-state index contributed by atoms with van der Waals surface area (Å²) in [7, 11) is 1.59.